The average molecular weight is 294 g/mol. The van der Waals surface area contributed by atoms with Gasteiger partial charge in [-0.05, 0) is 11.8 Å². The molecule has 1 fully saturated rings. The second-order valence-electron chi connectivity index (χ2n) is 4.34. The third-order valence-corrected chi connectivity index (χ3v) is 4.75. The molecule has 104 valence electrons. The van der Waals surface area contributed by atoms with E-state index in [2.05, 4.69) is 11.5 Å². The fourth-order valence-corrected chi connectivity index (χ4v) is 3.63. The van der Waals surface area contributed by atoms with Gasteiger partial charge in [-0.25, -0.2) is 8.78 Å². The zero-order chi connectivity index (χ0) is 13.6. The van der Waals surface area contributed by atoms with Crippen LogP contribution in [0.25, 0.3) is 0 Å². The summed E-state index contributed by atoms with van der Waals surface area (Å²) in [7, 11) is 0. The van der Waals surface area contributed by atoms with Crippen LogP contribution in [-0.4, -0.2) is 36.2 Å². The van der Waals surface area contributed by atoms with Crippen LogP contribution in [0.15, 0.2) is 21.9 Å². The van der Waals surface area contributed by atoms with Gasteiger partial charge in [-0.3, -0.25) is 0 Å². The van der Waals surface area contributed by atoms with Crippen LogP contribution in [-0.2, 0) is 0 Å². The summed E-state index contributed by atoms with van der Waals surface area (Å²) >= 11 is 3.20. The van der Waals surface area contributed by atoms with Crippen molar-refractivity contribution in [2.75, 3.05) is 25.4 Å². The molecule has 0 aromatic carbocycles. The minimum atomic E-state index is -2.46. The first-order chi connectivity index (χ1) is 8.43. The standard InChI is InChI=1S/C12H20F2N2S2/c1-10(2)18-11(9-15)17-8-7-16-5-3-12(13,14)4-6-16/h9H,1,3-8,15H2,2H3/b11-9-. The first-order valence-corrected chi connectivity index (χ1v) is 7.71. The smallest absolute Gasteiger partial charge is 0.250 e. The molecule has 0 spiro atoms. The molecule has 0 saturated carbocycles. The van der Waals surface area contributed by atoms with Crippen LogP contribution in [0.1, 0.15) is 19.8 Å². The molecular formula is C12H20F2N2S2. The molecule has 2 nitrogen and oxygen atoms in total. The lowest BCUT2D eigenvalue weighted by Gasteiger charge is -2.31. The van der Waals surface area contributed by atoms with E-state index < -0.39 is 5.92 Å². The predicted octanol–water partition coefficient (Wildman–Crippen LogP) is 3.48. The summed E-state index contributed by atoms with van der Waals surface area (Å²) < 4.78 is 26.9. The van der Waals surface area contributed by atoms with Gasteiger partial charge in [-0.2, -0.15) is 0 Å². The van der Waals surface area contributed by atoms with Gasteiger partial charge in [0.1, 0.15) is 0 Å². The van der Waals surface area contributed by atoms with Crippen molar-refractivity contribution < 1.29 is 8.78 Å². The third-order valence-electron chi connectivity index (χ3n) is 2.65. The van der Waals surface area contributed by atoms with E-state index in [4.69, 9.17) is 5.73 Å². The number of alkyl halides is 2. The predicted molar refractivity (Wildman–Crippen MR) is 77.8 cm³/mol. The number of hydrogen-bond donors (Lipinski definition) is 1. The minimum absolute atomic E-state index is 0.0161. The van der Waals surface area contributed by atoms with Crippen molar-refractivity contribution in [3.63, 3.8) is 0 Å². The number of hydrogen-bond acceptors (Lipinski definition) is 4. The van der Waals surface area contributed by atoms with Gasteiger partial charge in [-0.15, -0.1) is 11.8 Å². The second kappa shape index (κ2) is 7.40. The first-order valence-electron chi connectivity index (χ1n) is 5.91. The Balaban J connectivity index is 2.20. The molecule has 1 rings (SSSR count). The molecule has 0 aliphatic carbocycles. The molecule has 0 atom stereocenters. The summed E-state index contributed by atoms with van der Waals surface area (Å²) in [6, 6.07) is 0. The van der Waals surface area contributed by atoms with E-state index in [1.807, 2.05) is 6.92 Å². The van der Waals surface area contributed by atoms with Gasteiger partial charge in [0.15, 0.2) is 0 Å². The van der Waals surface area contributed by atoms with E-state index in [1.165, 1.54) is 0 Å². The topological polar surface area (TPSA) is 29.3 Å². The largest absolute Gasteiger partial charge is 0.403 e. The molecular weight excluding hydrogens is 274 g/mol. The maximum Gasteiger partial charge on any atom is 0.250 e. The molecule has 0 aromatic heterocycles. The highest BCUT2D eigenvalue weighted by molar-refractivity contribution is 8.23. The molecule has 1 aliphatic rings. The Hall–Kier alpha value is -0.200. The Morgan fingerprint density at radius 3 is 2.56 bits per heavy atom. The number of piperidine rings is 1. The molecule has 0 aromatic rings. The van der Waals surface area contributed by atoms with Crippen molar-refractivity contribution in [2.24, 2.45) is 5.73 Å². The minimum Gasteiger partial charge on any atom is -0.403 e. The summed E-state index contributed by atoms with van der Waals surface area (Å²) in [5.41, 5.74) is 5.52. The summed E-state index contributed by atoms with van der Waals surface area (Å²) in [4.78, 5) is 3.08. The molecule has 1 aliphatic heterocycles. The van der Waals surface area contributed by atoms with E-state index >= 15 is 0 Å². The Labute approximate surface area is 116 Å². The van der Waals surface area contributed by atoms with Crippen molar-refractivity contribution in [3.8, 4) is 0 Å². The van der Waals surface area contributed by atoms with Gasteiger partial charge in [0.25, 0.3) is 5.92 Å². The Morgan fingerprint density at radius 2 is 2.06 bits per heavy atom. The van der Waals surface area contributed by atoms with Gasteiger partial charge in [0.2, 0.25) is 0 Å². The molecule has 0 bridgehead atoms. The van der Waals surface area contributed by atoms with Gasteiger partial charge in [-0.1, -0.05) is 18.3 Å². The van der Waals surface area contributed by atoms with Crippen LogP contribution >= 0.6 is 23.5 Å². The van der Waals surface area contributed by atoms with Crippen LogP contribution in [0.4, 0.5) is 8.78 Å². The van der Waals surface area contributed by atoms with Crippen LogP contribution in [0.5, 0.6) is 0 Å². The van der Waals surface area contributed by atoms with E-state index in [0.29, 0.717) is 13.1 Å². The molecule has 0 unspecified atom stereocenters. The van der Waals surface area contributed by atoms with Crippen LogP contribution in [0.2, 0.25) is 0 Å². The highest BCUT2D eigenvalue weighted by Crippen LogP contribution is 2.33. The number of halogens is 2. The van der Waals surface area contributed by atoms with E-state index in [0.717, 1.165) is 21.4 Å². The summed E-state index contributed by atoms with van der Waals surface area (Å²) in [6.45, 7) is 7.55. The fourth-order valence-electron chi connectivity index (χ4n) is 1.66. The quantitative estimate of drug-likeness (QED) is 0.812. The maximum absolute atomic E-state index is 13.0. The zero-order valence-corrected chi connectivity index (χ0v) is 12.3. The second-order valence-corrected chi connectivity index (χ2v) is 7.07. The van der Waals surface area contributed by atoms with Crippen LogP contribution < -0.4 is 5.73 Å². The van der Waals surface area contributed by atoms with Gasteiger partial charge in [0, 0.05) is 44.4 Å². The Bertz CT molecular complexity index is 309. The molecule has 6 heteroatoms. The van der Waals surface area contributed by atoms with Crippen molar-refractivity contribution in [1.29, 1.82) is 0 Å². The van der Waals surface area contributed by atoms with E-state index in [-0.39, 0.29) is 12.8 Å². The van der Waals surface area contributed by atoms with Gasteiger partial charge in [0.05, 0.1) is 4.24 Å². The number of rotatable bonds is 6. The third kappa shape index (κ3) is 6.11. The Morgan fingerprint density at radius 1 is 1.44 bits per heavy atom. The molecule has 2 N–H and O–H groups in total. The van der Waals surface area contributed by atoms with E-state index in [9.17, 15) is 8.78 Å². The molecule has 1 saturated heterocycles. The molecule has 1 heterocycles. The van der Waals surface area contributed by atoms with Crippen molar-refractivity contribution >= 4 is 23.5 Å². The maximum atomic E-state index is 13.0. The van der Waals surface area contributed by atoms with Crippen molar-refractivity contribution in [1.82, 2.24) is 4.90 Å². The summed E-state index contributed by atoms with van der Waals surface area (Å²) in [5, 5.41) is 0. The first kappa shape index (κ1) is 15.9. The van der Waals surface area contributed by atoms with Gasteiger partial charge < -0.3 is 10.6 Å². The highest BCUT2D eigenvalue weighted by atomic mass is 32.2. The number of allylic oxidation sites excluding steroid dienone is 1. The van der Waals surface area contributed by atoms with Crippen LogP contribution in [0.3, 0.4) is 0 Å². The highest BCUT2D eigenvalue weighted by Gasteiger charge is 2.33. The summed E-state index contributed by atoms with van der Waals surface area (Å²) in [6.07, 6.45) is 1.55. The van der Waals surface area contributed by atoms with Gasteiger partial charge >= 0.3 is 0 Å². The number of nitrogens with two attached hydrogens (primary N) is 1. The number of likely N-dealkylation sites (tertiary alicyclic amines) is 1. The van der Waals surface area contributed by atoms with Crippen LogP contribution in [0, 0.1) is 0 Å². The average Bonchev–Trinajstić information content (AvgIpc) is 2.29. The van der Waals surface area contributed by atoms with E-state index in [1.54, 1.807) is 29.7 Å². The number of thioether (sulfide) groups is 2. The monoisotopic (exact) mass is 294 g/mol. The molecule has 0 amide bonds. The van der Waals surface area contributed by atoms with Crippen molar-refractivity contribution in [2.45, 2.75) is 25.7 Å². The molecule has 18 heavy (non-hydrogen) atoms. The fraction of sp³-hybridized carbons (Fsp3) is 0.667. The summed E-state index contributed by atoms with van der Waals surface area (Å²) in [5.74, 6) is -1.59. The lowest BCUT2D eigenvalue weighted by molar-refractivity contribution is -0.0539. The lowest BCUT2D eigenvalue weighted by atomic mass is 10.1. The lowest BCUT2D eigenvalue weighted by Crippen LogP contribution is -2.40. The normalized spacial score (nSPS) is 20.9. The zero-order valence-electron chi connectivity index (χ0n) is 10.6. The van der Waals surface area contributed by atoms with Crippen molar-refractivity contribution in [3.05, 3.63) is 21.9 Å². The number of nitrogens with zero attached hydrogens (tertiary/aromatic N) is 1. The SMILES string of the molecule is C=C(C)S/C(=C\N)SCCN1CCC(F)(F)CC1. The Kier molecular flexibility index (Phi) is 6.52. The molecule has 0 radical (unpaired) electrons.